The van der Waals surface area contributed by atoms with Crippen LogP contribution in [0.2, 0.25) is 0 Å². The molecule has 4 heteroatoms. The topological polar surface area (TPSA) is 21.8 Å². The average Bonchev–Trinajstić information content (AvgIpc) is 2.40. The first kappa shape index (κ1) is 14.3. The van der Waals surface area contributed by atoms with E-state index in [0.29, 0.717) is 6.04 Å². The smallest absolute Gasteiger partial charge is 0.0195 e. The summed E-state index contributed by atoms with van der Waals surface area (Å²) in [6.45, 7) is 10.9. The molecule has 1 atom stereocenters. The summed E-state index contributed by atoms with van der Waals surface area (Å²) in [6.07, 6.45) is 2.67. The van der Waals surface area contributed by atoms with Gasteiger partial charge in [-0.15, -0.1) is 0 Å². The third-order valence-corrected chi connectivity index (χ3v) is 4.64. The van der Waals surface area contributed by atoms with Gasteiger partial charge >= 0.3 is 0 Å². The molecule has 0 aromatic carbocycles. The fraction of sp³-hybridized carbons (Fsp3) is 1.00. The van der Waals surface area contributed by atoms with Gasteiger partial charge in [-0.2, -0.15) is 0 Å². The highest BCUT2D eigenvalue weighted by molar-refractivity contribution is 4.81. The molecule has 2 saturated heterocycles. The Hall–Kier alpha value is -0.160. The Bertz CT molecular complexity index is 232. The van der Waals surface area contributed by atoms with Gasteiger partial charge in [-0.05, 0) is 47.0 Å². The first-order valence-corrected chi connectivity index (χ1v) is 7.50. The molecular formula is C14H30N4. The third kappa shape index (κ3) is 3.92. The summed E-state index contributed by atoms with van der Waals surface area (Å²) in [4.78, 5) is 7.67. The van der Waals surface area contributed by atoms with Crippen LogP contribution in [0.25, 0.3) is 0 Å². The standard InChI is InChI=1S/C14H30N4/c1-13(18-10-6-15-7-11-18)12-17(3)14-4-8-16(2)9-5-14/h13-15H,4-12H2,1-3H3. The minimum absolute atomic E-state index is 0.691. The summed E-state index contributed by atoms with van der Waals surface area (Å²) in [5.74, 6) is 0. The number of nitrogens with zero attached hydrogens (tertiary/aromatic N) is 3. The number of nitrogens with one attached hydrogen (secondary N) is 1. The summed E-state index contributed by atoms with van der Waals surface area (Å²) in [7, 11) is 4.55. The number of piperazine rings is 1. The van der Waals surface area contributed by atoms with Gasteiger partial charge in [0.1, 0.15) is 0 Å². The van der Waals surface area contributed by atoms with E-state index in [0.717, 1.165) is 19.1 Å². The van der Waals surface area contributed by atoms with Crippen LogP contribution >= 0.6 is 0 Å². The SMILES string of the molecule is CC(CN(C)C1CCN(C)CC1)N1CCNCC1. The lowest BCUT2D eigenvalue weighted by Crippen LogP contribution is -2.52. The molecule has 18 heavy (non-hydrogen) atoms. The summed E-state index contributed by atoms with van der Waals surface area (Å²) < 4.78 is 0. The quantitative estimate of drug-likeness (QED) is 0.779. The molecule has 0 radical (unpaired) electrons. The minimum atomic E-state index is 0.691. The van der Waals surface area contributed by atoms with Gasteiger partial charge in [0.15, 0.2) is 0 Å². The first-order chi connectivity index (χ1) is 8.66. The van der Waals surface area contributed by atoms with E-state index in [-0.39, 0.29) is 0 Å². The van der Waals surface area contributed by atoms with Crippen molar-refractivity contribution in [2.24, 2.45) is 0 Å². The molecule has 106 valence electrons. The van der Waals surface area contributed by atoms with Gasteiger partial charge in [0.2, 0.25) is 0 Å². The molecule has 1 N–H and O–H groups in total. The number of hydrogen-bond donors (Lipinski definition) is 1. The van der Waals surface area contributed by atoms with Crippen LogP contribution in [-0.2, 0) is 0 Å². The van der Waals surface area contributed by atoms with E-state index in [1.54, 1.807) is 0 Å². The summed E-state index contributed by atoms with van der Waals surface area (Å²) in [5, 5.41) is 3.43. The Labute approximate surface area is 112 Å². The average molecular weight is 254 g/mol. The van der Waals surface area contributed by atoms with E-state index in [9.17, 15) is 0 Å². The molecule has 4 nitrogen and oxygen atoms in total. The summed E-state index contributed by atoms with van der Waals surface area (Å²) in [5.41, 5.74) is 0. The Morgan fingerprint density at radius 1 is 1.17 bits per heavy atom. The Morgan fingerprint density at radius 2 is 1.78 bits per heavy atom. The van der Waals surface area contributed by atoms with Crippen molar-refractivity contribution >= 4 is 0 Å². The molecule has 0 bridgehead atoms. The molecule has 2 heterocycles. The molecule has 2 aliphatic heterocycles. The summed E-state index contributed by atoms with van der Waals surface area (Å²) >= 11 is 0. The Morgan fingerprint density at radius 3 is 2.39 bits per heavy atom. The van der Waals surface area contributed by atoms with Gasteiger partial charge in [-0.25, -0.2) is 0 Å². The number of rotatable bonds is 4. The van der Waals surface area contributed by atoms with E-state index in [1.165, 1.54) is 45.6 Å². The van der Waals surface area contributed by atoms with Crippen LogP contribution < -0.4 is 5.32 Å². The third-order valence-electron chi connectivity index (χ3n) is 4.64. The predicted octanol–water partition coefficient (Wildman–Crippen LogP) is 0.306. The molecule has 0 amide bonds. The number of piperidine rings is 1. The molecule has 0 aromatic heterocycles. The van der Waals surface area contributed by atoms with Crippen molar-refractivity contribution in [3.63, 3.8) is 0 Å². The van der Waals surface area contributed by atoms with Gasteiger partial charge in [0, 0.05) is 44.8 Å². The maximum Gasteiger partial charge on any atom is 0.0195 e. The molecule has 2 fully saturated rings. The molecule has 0 aromatic rings. The van der Waals surface area contributed by atoms with Gasteiger partial charge in [0.05, 0.1) is 0 Å². The minimum Gasteiger partial charge on any atom is -0.314 e. The van der Waals surface area contributed by atoms with Gasteiger partial charge in [-0.3, -0.25) is 4.90 Å². The molecule has 2 rings (SSSR count). The van der Waals surface area contributed by atoms with Crippen molar-refractivity contribution in [1.29, 1.82) is 0 Å². The maximum absolute atomic E-state index is 3.43. The lowest BCUT2D eigenvalue weighted by molar-refractivity contribution is 0.0971. The monoisotopic (exact) mass is 254 g/mol. The fourth-order valence-corrected chi connectivity index (χ4v) is 3.24. The molecule has 0 spiro atoms. The molecule has 0 saturated carbocycles. The number of likely N-dealkylation sites (tertiary alicyclic amines) is 1. The zero-order valence-corrected chi connectivity index (χ0v) is 12.4. The van der Waals surface area contributed by atoms with Crippen LogP contribution in [-0.4, -0.2) is 86.7 Å². The van der Waals surface area contributed by atoms with Gasteiger partial charge in [0.25, 0.3) is 0 Å². The van der Waals surface area contributed by atoms with Crippen molar-refractivity contribution in [3.05, 3.63) is 0 Å². The highest BCUT2D eigenvalue weighted by Crippen LogP contribution is 2.15. The second-order valence-corrected chi connectivity index (χ2v) is 6.11. The van der Waals surface area contributed by atoms with Crippen LogP contribution in [0, 0.1) is 0 Å². The molecule has 1 unspecified atom stereocenters. The van der Waals surface area contributed by atoms with E-state index < -0.39 is 0 Å². The van der Waals surface area contributed by atoms with Crippen molar-refractivity contribution in [1.82, 2.24) is 20.0 Å². The van der Waals surface area contributed by atoms with Crippen molar-refractivity contribution in [2.45, 2.75) is 31.8 Å². The van der Waals surface area contributed by atoms with Crippen LogP contribution in [0.15, 0.2) is 0 Å². The van der Waals surface area contributed by atoms with Crippen LogP contribution in [0.4, 0.5) is 0 Å². The second-order valence-electron chi connectivity index (χ2n) is 6.11. The Kier molecular flexibility index (Phi) is 5.42. The van der Waals surface area contributed by atoms with Crippen molar-refractivity contribution in [2.75, 3.05) is 59.9 Å². The largest absolute Gasteiger partial charge is 0.314 e. The summed E-state index contributed by atoms with van der Waals surface area (Å²) in [6, 6.07) is 1.49. The number of hydrogen-bond acceptors (Lipinski definition) is 4. The normalized spacial score (nSPS) is 26.7. The van der Waals surface area contributed by atoms with E-state index in [2.05, 4.69) is 41.0 Å². The van der Waals surface area contributed by atoms with Gasteiger partial charge < -0.3 is 15.1 Å². The maximum atomic E-state index is 3.43. The number of likely N-dealkylation sites (N-methyl/N-ethyl adjacent to an activating group) is 1. The highest BCUT2D eigenvalue weighted by atomic mass is 15.3. The molecule has 2 aliphatic rings. The first-order valence-electron chi connectivity index (χ1n) is 7.50. The van der Waals surface area contributed by atoms with Crippen LogP contribution in [0.5, 0.6) is 0 Å². The van der Waals surface area contributed by atoms with Crippen LogP contribution in [0.1, 0.15) is 19.8 Å². The fourth-order valence-electron chi connectivity index (χ4n) is 3.24. The second kappa shape index (κ2) is 6.85. The molecule has 0 aliphatic carbocycles. The lowest BCUT2D eigenvalue weighted by atomic mass is 10.0. The zero-order chi connectivity index (χ0) is 13.0. The van der Waals surface area contributed by atoms with E-state index in [4.69, 9.17) is 0 Å². The van der Waals surface area contributed by atoms with E-state index >= 15 is 0 Å². The lowest BCUT2D eigenvalue weighted by Gasteiger charge is -2.39. The van der Waals surface area contributed by atoms with Crippen molar-refractivity contribution in [3.8, 4) is 0 Å². The zero-order valence-electron chi connectivity index (χ0n) is 12.4. The van der Waals surface area contributed by atoms with Gasteiger partial charge in [-0.1, -0.05) is 0 Å². The van der Waals surface area contributed by atoms with Crippen molar-refractivity contribution < 1.29 is 0 Å². The van der Waals surface area contributed by atoms with E-state index in [1.807, 2.05) is 0 Å². The highest BCUT2D eigenvalue weighted by Gasteiger charge is 2.24. The van der Waals surface area contributed by atoms with Crippen LogP contribution in [0.3, 0.4) is 0 Å². The molecular weight excluding hydrogens is 224 g/mol. The predicted molar refractivity (Wildman–Crippen MR) is 77.1 cm³/mol. The Balaban J connectivity index is 1.73.